The topological polar surface area (TPSA) is 30.7 Å². The van der Waals surface area contributed by atoms with Crippen LogP contribution in [0.2, 0.25) is 0 Å². The SMILES string of the molecule is c1cnc2c(c1)nc(CC1CCCSC1)n2C1CCCCC1. The minimum absolute atomic E-state index is 0.625. The van der Waals surface area contributed by atoms with Gasteiger partial charge in [-0.05, 0) is 55.2 Å². The van der Waals surface area contributed by atoms with Gasteiger partial charge in [0.1, 0.15) is 11.3 Å². The first-order chi connectivity index (χ1) is 10.9. The van der Waals surface area contributed by atoms with E-state index < -0.39 is 0 Å². The van der Waals surface area contributed by atoms with Crippen LogP contribution in [-0.4, -0.2) is 26.0 Å². The third-order valence-corrected chi connectivity index (χ3v) is 6.47. The molecule has 0 radical (unpaired) electrons. The Morgan fingerprint density at radius 2 is 2.05 bits per heavy atom. The van der Waals surface area contributed by atoms with Gasteiger partial charge in [-0.3, -0.25) is 0 Å². The average molecular weight is 315 g/mol. The molecule has 0 N–H and O–H groups in total. The molecule has 2 aromatic rings. The van der Waals surface area contributed by atoms with E-state index in [-0.39, 0.29) is 0 Å². The minimum atomic E-state index is 0.625. The molecule has 2 fully saturated rings. The van der Waals surface area contributed by atoms with E-state index >= 15 is 0 Å². The van der Waals surface area contributed by atoms with Crippen molar-refractivity contribution in [1.29, 1.82) is 0 Å². The fourth-order valence-electron chi connectivity index (χ4n) is 4.07. The maximum absolute atomic E-state index is 4.97. The van der Waals surface area contributed by atoms with Gasteiger partial charge in [0.25, 0.3) is 0 Å². The maximum atomic E-state index is 4.97. The molecule has 0 aromatic carbocycles. The number of nitrogens with zero attached hydrogens (tertiary/aromatic N) is 3. The van der Waals surface area contributed by atoms with Crippen molar-refractivity contribution in [3.05, 3.63) is 24.2 Å². The lowest BCUT2D eigenvalue weighted by atomic mass is 9.94. The van der Waals surface area contributed by atoms with E-state index in [1.807, 2.05) is 12.3 Å². The summed E-state index contributed by atoms with van der Waals surface area (Å²) in [5.74, 6) is 4.75. The monoisotopic (exact) mass is 315 g/mol. The minimum Gasteiger partial charge on any atom is -0.310 e. The van der Waals surface area contributed by atoms with Crippen molar-refractivity contribution in [3.63, 3.8) is 0 Å². The van der Waals surface area contributed by atoms with Gasteiger partial charge in [0.05, 0.1) is 0 Å². The molecular formula is C18H25N3S. The molecule has 0 amide bonds. The zero-order chi connectivity index (χ0) is 14.8. The fraction of sp³-hybridized carbons (Fsp3) is 0.667. The highest BCUT2D eigenvalue weighted by molar-refractivity contribution is 7.99. The first kappa shape index (κ1) is 14.6. The number of pyridine rings is 1. The number of thioether (sulfide) groups is 1. The first-order valence-electron chi connectivity index (χ1n) is 8.81. The first-order valence-corrected chi connectivity index (χ1v) is 9.97. The van der Waals surface area contributed by atoms with Crippen LogP contribution >= 0.6 is 11.8 Å². The normalized spacial score (nSPS) is 23.9. The molecule has 22 heavy (non-hydrogen) atoms. The molecule has 1 unspecified atom stereocenters. The van der Waals surface area contributed by atoms with Gasteiger partial charge in [-0.2, -0.15) is 11.8 Å². The summed E-state index contributed by atoms with van der Waals surface area (Å²) in [6.07, 6.45) is 12.5. The largest absolute Gasteiger partial charge is 0.310 e. The van der Waals surface area contributed by atoms with E-state index in [1.54, 1.807) is 0 Å². The molecule has 4 heteroatoms. The van der Waals surface area contributed by atoms with Crippen LogP contribution in [-0.2, 0) is 6.42 Å². The van der Waals surface area contributed by atoms with Crippen molar-refractivity contribution in [2.24, 2.45) is 5.92 Å². The van der Waals surface area contributed by atoms with Crippen LogP contribution in [0.3, 0.4) is 0 Å². The lowest BCUT2D eigenvalue weighted by Gasteiger charge is -2.27. The van der Waals surface area contributed by atoms with E-state index in [9.17, 15) is 0 Å². The second kappa shape index (κ2) is 6.61. The molecule has 2 aromatic heterocycles. The van der Waals surface area contributed by atoms with Crippen LogP contribution < -0.4 is 0 Å². The average Bonchev–Trinajstić information content (AvgIpc) is 2.94. The third-order valence-electron chi connectivity index (χ3n) is 5.19. The number of fused-ring (bicyclic) bond motifs is 1. The zero-order valence-corrected chi connectivity index (χ0v) is 14.0. The Hall–Kier alpha value is -1.03. The van der Waals surface area contributed by atoms with Crippen molar-refractivity contribution in [3.8, 4) is 0 Å². The third kappa shape index (κ3) is 2.90. The van der Waals surface area contributed by atoms with Crippen LogP contribution in [0.15, 0.2) is 18.3 Å². The lowest BCUT2D eigenvalue weighted by Crippen LogP contribution is -2.20. The maximum Gasteiger partial charge on any atom is 0.160 e. The van der Waals surface area contributed by atoms with Crippen molar-refractivity contribution in [2.75, 3.05) is 11.5 Å². The van der Waals surface area contributed by atoms with Crippen LogP contribution in [0, 0.1) is 5.92 Å². The number of hydrogen-bond donors (Lipinski definition) is 0. The highest BCUT2D eigenvalue weighted by atomic mass is 32.2. The van der Waals surface area contributed by atoms with Crippen molar-refractivity contribution >= 4 is 22.9 Å². The quantitative estimate of drug-likeness (QED) is 0.828. The second-order valence-electron chi connectivity index (χ2n) is 6.82. The number of rotatable bonds is 3. The molecule has 4 rings (SSSR count). The molecule has 3 heterocycles. The summed E-state index contributed by atoms with van der Waals surface area (Å²) in [4.78, 5) is 9.64. The van der Waals surface area contributed by atoms with E-state index in [0.717, 1.165) is 23.5 Å². The summed E-state index contributed by atoms with van der Waals surface area (Å²) in [6.45, 7) is 0. The molecule has 1 aliphatic carbocycles. The second-order valence-corrected chi connectivity index (χ2v) is 7.97. The smallest absolute Gasteiger partial charge is 0.160 e. The lowest BCUT2D eigenvalue weighted by molar-refractivity contribution is 0.345. The van der Waals surface area contributed by atoms with Crippen LogP contribution in [0.4, 0.5) is 0 Å². The standard InChI is InChI=1S/C18H25N3S/c1-2-7-15(8-3-1)21-17(12-14-6-5-11-22-13-14)20-16-9-4-10-19-18(16)21/h4,9-10,14-15H,1-3,5-8,11-13H2. The highest BCUT2D eigenvalue weighted by Gasteiger charge is 2.24. The summed E-state index contributed by atoms with van der Waals surface area (Å²) in [5.41, 5.74) is 2.21. The summed E-state index contributed by atoms with van der Waals surface area (Å²) >= 11 is 2.12. The Kier molecular flexibility index (Phi) is 4.37. The number of aromatic nitrogens is 3. The van der Waals surface area contributed by atoms with Crippen molar-refractivity contribution in [2.45, 2.75) is 57.4 Å². The predicted octanol–water partition coefficient (Wildman–Crippen LogP) is 4.62. The zero-order valence-electron chi connectivity index (χ0n) is 13.2. The van der Waals surface area contributed by atoms with Gasteiger partial charge in [-0.15, -0.1) is 0 Å². The van der Waals surface area contributed by atoms with E-state index in [1.165, 1.54) is 62.3 Å². The van der Waals surface area contributed by atoms with Gasteiger partial charge >= 0.3 is 0 Å². The van der Waals surface area contributed by atoms with Crippen molar-refractivity contribution in [1.82, 2.24) is 14.5 Å². The summed E-state index contributed by atoms with van der Waals surface area (Å²) in [7, 11) is 0. The van der Waals surface area contributed by atoms with E-state index in [0.29, 0.717) is 6.04 Å². The Labute approximate surface area is 136 Å². The van der Waals surface area contributed by atoms with Crippen LogP contribution in [0.5, 0.6) is 0 Å². The van der Waals surface area contributed by atoms with E-state index in [4.69, 9.17) is 4.98 Å². The van der Waals surface area contributed by atoms with Gasteiger partial charge in [0, 0.05) is 18.7 Å². The van der Waals surface area contributed by atoms with Gasteiger partial charge in [-0.25, -0.2) is 9.97 Å². The van der Waals surface area contributed by atoms with Gasteiger partial charge in [0.2, 0.25) is 0 Å². The van der Waals surface area contributed by atoms with Crippen molar-refractivity contribution < 1.29 is 0 Å². The summed E-state index contributed by atoms with van der Waals surface area (Å²) in [5, 5.41) is 0. The molecule has 2 aliphatic rings. The van der Waals surface area contributed by atoms with Gasteiger partial charge in [0.15, 0.2) is 5.65 Å². The Morgan fingerprint density at radius 3 is 2.86 bits per heavy atom. The van der Waals surface area contributed by atoms with E-state index in [2.05, 4.69) is 27.4 Å². The molecule has 1 aliphatic heterocycles. The Bertz CT molecular complexity index is 624. The molecule has 118 valence electrons. The molecular weight excluding hydrogens is 290 g/mol. The molecule has 3 nitrogen and oxygen atoms in total. The van der Waals surface area contributed by atoms with Gasteiger partial charge in [-0.1, -0.05) is 19.3 Å². The summed E-state index contributed by atoms with van der Waals surface area (Å²) in [6, 6.07) is 4.77. The van der Waals surface area contributed by atoms with Crippen LogP contribution in [0.1, 0.15) is 56.8 Å². The molecule has 1 saturated heterocycles. The Morgan fingerprint density at radius 1 is 1.14 bits per heavy atom. The molecule has 0 spiro atoms. The molecule has 1 atom stereocenters. The van der Waals surface area contributed by atoms with Crippen LogP contribution in [0.25, 0.3) is 11.2 Å². The predicted molar refractivity (Wildman–Crippen MR) is 93.4 cm³/mol. The molecule has 1 saturated carbocycles. The number of hydrogen-bond acceptors (Lipinski definition) is 3. The van der Waals surface area contributed by atoms with Gasteiger partial charge < -0.3 is 4.57 Å². The number of imidazole rings is 1. The highest BCUT2D eigenvalue weighted by Crippen LogP contribution is 2.33. The summed E-state index contributed by atoms with van der Waals surface area (Å²) < 4.78 is 2.51. The fourth-order valence-corrected chi connectivity index (χ4v) is 5.23. The molecule has 0 bridgehead atoms. The Balaban J connectivity index is 1.68.